The van der Waals surface area contributed by atoms with E-state index in [1.807, 2.05) is 30.3 Å². The van der Waals surface area contributed by atoms with Crippen LogP contribution in [0.5, 0.6) is 0 Å². The van der Waals surface area contributed by atoms with Crippen molar-refractivity contribution in [2.24, 2.45) is 0 Å². The molecule has 5 heteroatoms. The summed E-state index contributed by atoms with van der Waals surface area (Å²) in [6.45, 7) is 1.74. The SMILES string of the molecule is O=C(Cc1ccccc1)NCCC(=O)NC1CCCOC1. The molecule has 21 heavy (non-hydrogen) atoms. The minimum absolute atomic E-state index is 0.0366. The van der Waals surface area contributed by atoms with Gasteiger partial charge < -0.3 is 15.4 Å². The number of hydrogen-bond donors (Lipinski definition) is 2. The molecule has 1 saturated heterocycles. The van der Waals surface area contributed by atoms with E-state index in [0.29, 0.717) is 26.0 Å². The smallest absolute Gasteiger partial charge is 0.224 e. The van der Waals surface area contributed by atoms with Gasteiger partial charge >= 0.3 is 0 Å². The molecular formula is C16H22N2O3. The number of ether oxygens (including phenoxy) is 1. The summed E-state index contributed by atoms with van der Waals surface area (Å²) in [5.41, 5.74) is 0.971. The number of nitrogens with one attached hydrogen (secondary N) is 2. The first-order valence-corrected chi connectivity index (χ1v) is 7.42. The zero-order valence-electron chi connectivity index (χ0n) is 12.1. The molecule has 1 aliphatic rings. The van der Waals surface area contributed by atoms with Crippen LogP contribution in [-0.2, 0) is 20.7 Å². The molecule has 2 amide bonds. The third kappa shape index (κ3) is 5.95. The lowest BCUT2D eigenvalue weighted by molar-refractivity contribution is -0.123. The van der Waals surface area contributed by atoms with Crippen molar-refractivity contribution in [3.63, 3.8) is 0 Å². The van der Waals surface area contributed by atoms with Crippen molar-refractivity contribution in [1.29, 1.82) is 0 Å². The normalized spacial score (nSPS) is 18.0. The van der Waals surface area contributed by atoms with Crippen molar-refractivity contribution in [3.05, 3.63) is 35.9 Å². The first kappa shape index (κ1) is 15.5. The van der Waals surface area contributed by atoms with Gasteiger partial charge in [-0.1, -0.05) is 30.3 Å². The van der Waals surface area contributed by atoms with E-state index in [-0.39, 0.29) is 17.9 Å². The monoisotopic (exact) mass is 290 g/mol. The first-order chi connectivity index (χ1) is 10.2. The number of hydrogen-bond acceptors (Lipinski definition) is 3. The fourth-order valence-electron chi connectivity index (χ4n) is 2.31. The largest absolute Gasteiger partial charge is 0.379 e. The van der Waals surface area contributed by atoms with Crippen molar-refractivity contribution in [1.82, 2.24) is 10.6 Å². The predicted molar refractivity (Wildman–Crippen MR) is 79.8 cm³/mol. The van der Waals surface area contributed by atoms with Crippen LogP contribution < -0.4 is 10.6 Å². The van der Waals surface area contributed by atoms with E-state index >= 15 is 0 Å². The molecule has 0 aliphatic carbocycles. The zero-order chi connectivity index (χ0) is 14.9. The van der Waals surface area contributed by atoms with E-state index in [4.69, 9.17) is 4.74 Å². The lowest BCUT2D eigenvalue weighted by atomic mass is 10.1. The van der Waals surface area contributed by atoms with Crippen LogP contribution in [0.15, 0.2) is 30.3 Å². The van der Waals surface area contributed by atoms with Crippen LogP contribution in [0.25, 0.3) is 0 Å². The van der Waals surface area contributed by atoms with Crippen molar-refractivity contribution >= 4 is 11.8 Å². The fraction of sp³-hybridized carbons (Fsp3) is 0.500. The molecule has 1 heterocycles. The number of amides is 2. The van der Waals surface area contributed by atoms with Gasteiger partial charge in [0.25, 0.3) is 0 Å². The lowest BCUT2D eigenvalue weighted by Crippen LogP contribution is -2.41. The summed E-state index contributed by atoms with van der Waals surface area (Å²) in [5, 5.41) is 5.70. The van der Waals surface area contributed by atoms with Crippen molar-refractivity contribution < 1.29 is 14.3 Å². The highest BCUT2D eigenvalue weighted by Crippen LogP contribution is 2.05. The van der Waals surface area contributed by atoms with E-state index in [9.17, 15) is 9.59 Å². The van der Waals surface area contributed by atoms with Crippen LogP contribution in [0.2, 0.25) is 0 Å². The van der Waals surface area contributed by atoms with Crippen molar-refractivity contribution in [3.8, 4) is 0 Å². The highest BCUT2D eigenvalue weighted by molar-refractivity contribution is 5.80. The quantitative estimate of drug-likeness (QED) is 0.822. The van der Waals surface area contributed by atoms with Crippen LogP contribution in [0, 0.1) is 0 Å². The summed E-state index contributed by atoms with van der Waals surface area (Å²) in [6.07, 6.45) is 2.60. The summed E-state index contributed by atoms with van der Waals surface area (Å²) < 4.78 is 5.31. The van der Waals surface area contributed by atoms with Gasteiger partial charge in [-0.2, -0.15) is 0 Å². The molecule has 0 spiro atoms. The second-order valence-corrected chi connectivity index (χ2v) is 5.24. The second kappa shape index (κ2) is 8.42. The summed E-state index contributed by atoms with van der Waals surface area (Å²) >= 11 is 0. The Morgan fingerprint density at radius 2 is 2.00 bits per heavy atom. The van der Waals surface area contributed by atoms with Gasteiger partial charge in [-0.05, 0) is 18.4 Å². The molecule has 1 aliphatic heterocycles. The second-order valence-electron chi connectivity index (χ2n) is 5.24. The number of benzene rings is 1. The molecule has 2 N–H and O–H groups in total. The summed E-state index contributed by atoms with van der Waals surface area (Å²) in [6, 6.07) is 9.67. The molecule has 1 fully saturated rings. The number of rotatable bonds is 6. The third-order valence-electron chi connectivity index (χ3n) is 3.41. The third-order valence-corrected chi connectivity index (χ3v) is 3.41. The topological polar surface area (TPSA) is 67.4 Å². The standard InChI is InChI=1S/C16H22N2O3/c19-15(18-14-7-4-10-21-12-14)8-9-17-16(20)11-13-5-2-1-3-6-13/h1-3,5-6,14H,4,7-12H2,(H,17,20)(H,18,19). The summed E-state index contributed by atoms with van der Waals surface area (Å²) in [5.74, 6) is -0.0967. The van der Waals surface area contributed by atoms with Gasteiger partial charge in [-0.15, -0.1) is 0 Å². The molecule has 1 aromatic carbocycles. The first-order valence-electron chi connectivity index (χ1n) is 7.42. The number of carbonyl (C=O) groups is 2. The van der Waals surface area contributed by atoms with Crippen LogP contribution in [0.4, 0.5) is 0 Å². The Hall–Kier alpha value is -1.88. The van der Waals surface area contributed by atoms with Gasteiger partial charge in [0, 0.05) is 19.6 Å². The molecule has 0 radical (unpaired) electrons. The maximum Gasteiger partial charge on any atom is 0.224 e. The lowest BCUT2D eigenvalue weighted by Gasteiger charge is -2.23. The maximum atomic E-state index is 11.7. The van der Waals surface area contributed by atoms with E-state index in [1.165, 1.54) is 0 Å². The van der Waals surface area contributed by atoms with E-state index in [1.54, 1.807) is 0 Å². The Balaban J connectivity index is 1.60. The van der Waals surface area contributed by atoms with E-state index in [0.717, 1.165) is 25.0 Å². The summed E-state index contributed by atoms with van der Waals surface area (Å²) in [7, 11) is 0. The summed E-state index contributed by atoms with van der Waals surface area (Å²) in [4.78, 5) is 23.5. The molecule has 114 valence electrons. The molecule has 5 nitrogen and oxygen atoms in total. The van der Waals surface area contributed by atoms with Gasteiger partial charge in [0.05, 0.1) is 19.1 Å². The molecule has 0 aromatic heterocycles. The van der Waals surface area contributed by atoms with Gasteiger partial charge in [-0.3, -0.25) is 9.59 Å². The van der Waals surface area contributed by atoms with E-state index < -0.39 is 0 Å². The van der Waals surface area contributed by atoms with Gasteiger partial charge in [0.1, 0.15) is 0 Å². The molecule has 1 atom stereocenters. The Labute approximate surface area is 125 Å². The molecule has 2 rings (SSSR count). The minimum atomic E-state index is -0.0602. The Morgan fingerprint density at radius 1 is 1.19 bits per heavy atom. The average molecular weight is 290 g/mol. The fourth-order valence-corrected chi connectivity index (χ4v) is 2.31. The molecule has 1 unspecified atom stereocenters. The Kier molecular flexibility index (Phi) is 6.22. The van der Waals surface area contributed by atoms with Gasteiger partial charge in [0.15, 0.2) is 0 Å². The van der Waals surface area contributed by atoms with Crippen LogP contribution in [0.3, 0.4) is 0 Å². The maximum absolute atomic E-state index is 11.7. The van der Waals surface area contributed by atoms with Crippen LogP contribution >= 0.6 is 0 Å². The van der Waals surface area contributed by atoms with Gasteiger partial charge in [-0.25, -0.2) is 0 Å². The molecule has 0 bridgehead atoms. The Bertz CT molecular complexity index is 456. The molecule has 1 aromatic rings. The average Bonchev–Trinajstić information content (AvgIpc) is 2.49. The number of carbonyl (C=O) groups excluding carboxylic acids is 2. The van der Waals surface area contributed by atoms with Crippen molar-refractivity contribution in [2.45, 2.75) is 31.7 Å². The highest BCUT2D eigenvalue weighted by atomic mass is 16.5. The van der Waals surface area contributed by atoms with Crippen LogP contribution in [0.1, 0.15) is 24.8 Å². The molecule has 0 saturated carbocycles. The Morgan fingerprint density at radius 3 is 2.71 bits per heavy atom. The molecular weight excluding hydrogens is 268 g/mol. The zero-order valence-corrected chi connectivity index (χ0v) is 12.1. The highest BCUT2D eigenvalue weighted by Gasteiger charge is 2.15. The minimum Gasteiger partial charge on any atom is -0.379 e. The van der Waals surface area contributed by atoms with Crippen LogP contribution in [-0.4, -0.2) is 37.6 Å². The van der Waals surface area contributed by atoms with Gasteiger partial charge in [0.2, 0.25) is 11.8 Å². The van der Waals surface area contributed by atoms with Crippen molar-refractivity contribution in [2.75, 3.05) is 19.8 Å². The predicted octanol–water partition coefficient (Wildman–Crippen LogP) is 1.03. The van der Waals surface area contributed by atoms with E-state index in [2.05, 4.69) is 10.6 Å².